The standard InChI is InChI=1S/C23H27ClN4OS/c1-2-28-22(29)20-18-5-3-4-6-19(18)30-21(20)25-23(28)27-13-11-26(12-14-27)15-16-7-9-17(24)10-8-16/h7-10H,2-6,11-15H2,1H3. The van der Waals surface area contributed by atoms with Gasteiger partial charge in [0, 0.05) is 49.2 Å². The molecule has 5 rings (SSSR count). The van der Waals surface area contributed by atoms with E-state index in [0.29, 0.717) is 6.54 Å². The van der Waals surface area contributed by atoms with E-state index < -0.39 is 0 Å². The van der Waals surface area contributed by atoms with Crippen LogP contribution in [0.3, 0.4) is 0 Å². The highest BCUT2D eigenvalue weighted by atomic mass is 35.5. The molecule has 0 amide bonds. The first-order valence-corrected chi connectivity index (χ1v) is 12.1. The molecule has 5 nitrogen and oxygen atoms in total. The van der Waals surface area contributed by atoms with E-state index in [0.717, 1.165) is 66.8 Å². The molecule has 0 atom stereocenters. The molecule has 0 spiro atoms. The van der Waals surface area contributed by atoms with Crippen molar-refractivity contribution < 1.29 is 0 Å². The van der Waals surface area contributed by atoms with Gasteiger partial charge in [-0.05, 0) is 55.9 Å². The van der Waals surface area contributed by atoms with Gasteiger partial charge in [0.15, 0.2) is 0 Å². The van der Waals surface area contributed by atoms with Crippen LogP contribution in [0.5, 0.6) is 0 Å². The van der Waals surface area contributed by atoms with Crippen LogP contribution in [0.15, 0.2) is 29.1 Å². The van der Waals surface area contributed by atoms with Crippen molar-refractivity contribution in [3.63, 3.8) is 0 Å². The van der Waals surface area contributed by atoms with Crippen molar-refractivity contribution in [3.05, 3.63) is 55.6 Å². The van der Waals surface area contributed by atoms with Gasteiger partial charge in [0.25, 0.3) is 5.56 Å². The van der Waals surface area contributed by atoms with Gasteiger partial charge in [0.1, 0.15) is 4.83 Å². The van der Waals surface area contributed by atoms with Crippen molar-refractivity contribution in [2.45, 2.75) is 45.7 Å². The second-order valence-electron chi connectivity index (χ2n) is 8.24. The number of anilines is 1. The number of rotatable bonds is 4. The summed E-state index contributed by atoms with van der Waals surface area (Å²) in [5, 5.41) is 1.67. The molecule has 158 valence electrons. The van der Waals surface area contributed by atoms with E-state index in [1.165, 1.54) is 28.8 Å². The van der Waals surface area contributed by atoms with Gasteiger partial charge in [-0.3, -0.25) is 14.3 Å². The zero-order valence-corrected chi connectivity index (χ0v) is 18.9. The van der Waals surface area contributed by atoms with Crippen molar-refractivity contribution in [2.75, 3.05) is 31.1 Å². The third-order valence-corrected chi connectivity index (χ3v) is 7.78. The van der Waals surface area contributed by atoms with Crippen LogP contribution >= 0.6 is 22.9 Å². The highest BCUT2D eigenvalue weighted by molar-refractivity contribution is 7.18. The van der Waals surface area contributed by atoms with Crippen molar-refractivity contribution in [1.82, 2.24) is 14.5 Å². The fraction of sp³-hybridized carbons (Fsp3) is 0.478. The molecule has 30 heavy (non-hydrogen) atoms. The van der Waals surface area contributed by atoms with Crippen LogP contribution in [0.4, 0.5) is 5.95 Å². The first kappa shape index (κ1) is 20.0. The van der Waals surface area contributed by atoms with Gasteiger partial charge in [-0.15, -0.1) is 11.3 Å². The van der Waals surface area contributed by atoms with E-state index in [2.05, 4.69) is 21.9 Å². The summed E-state index contributed by atoms with van der Waals surface area (Å²) >= 11 is 7.75. The van der Waals surface area contributed by atoms with Crippen LogP contribution in [0.1, 0.15) is 35.8 Å². The Morgan fingerprint density at radius 3 is 2.53 bits per heavy atom. The summed E-state index contributed by atoms with van der Waals surface area (Å²) in [7, 11) is 0. The minimum atomic E-state index is 0.153. The number of nitrogens with zero attached hydrogens (tertiary/aromatic N) is 4. The molecule has 1 aromatic carbocycles. The number of hydrogen-bond donors (Lipinski definition) is 0. The largest absolute Gasteiger partial charge is 0.340 e. The molecule has 1 aliphatic carbocycles. The Kier molecular flexibility index (Phi) is 5.56. The van der Waals surface area contributed by atoms with E-state index >= 15 is 0 Å². The topological polar surface area (TPSA) is 41.4 Å². The first-order chi connectivity index (χ1) is 14.6. The van der Waals surface area contributed by atoms with Crippen molar-refractivity contribution in [2.24, 2.45) is 0 Å². The third-order valence-electron chi connectivity index (χ3n) is 6.35. The second kappa shape index (κ2) is 8.33. The molecule has 2 aromatic heterocycles. The summed E-state index contributed by atoms with van der Waals surface area (Å²) in [5.41, 5.74) is 2.71. The molecule has 1 aliphatic heterocycles. The first-order valence-electron chi connectivity index (χ1n) is 10.9. The normalized spacial score (nSPS) is 17.5. The summed E-state index contributed by atoms with van der Waals surface area (Å²) in [6, 6.07) is 8.09. The summed E-state index contributed by atoms with van der Waals surface area (Å²) in [5.74, 6) is 0.847. The van der Waals surface area contributed by atoms with Gasteiger partial charge in [0.2, 0.25) is 5.95 Å². The molecule has 0 bridgehead atoms. The minimum absolute atomic E-state index is 0.153. The molecular formula is C23H27ClN4OS. The zero-order valence-electron chi connectivity index (χ0n) is 17.4. The number of aryl methyl sites for hydroxylation is 2. The number of hydrogen-bond acceptors (Lipinski definition) is 5. The number of halogens is 1. The summed E-state index contributed by atoms with van der Waals surface area (Å²) in [6.45, 7) is 7.33. The van der Waals surface area contributed by atoms with Crippen LogP contribution in [0.25, 0.3) is 10.2 Å². The average Bonchev–Trinajstić information content (AvgIpc) is 3.14. The van der Waals surface area contributed by atoms with Crippen LogP contribution in [0, 0.1) is 0 Å². The molecule has 3 heterocycles. The Balaban J connectivity index is 1.38. The zero-order chi connectivity index (χ0) is 20.7. The Morgan fingerprint density at radius 1 is 1.07 bits per heavy atom. The number of fused-ring (bicyclic) bond motifs is 3. The Bertz CT molecular complexity index is 1110. The third kappa shape index (κ3) is 3.66. The van der Waals surface area contributed by atoms with Gasteiger partial charge in [-0.1, -0.05) is 23.7 Å². The molecule has 0 N–H and O–H groups in total. The average molecular weight is 443 g/mol. The molecular weight excluding hydrogens is 416 g/mol. The smallest absolute Gasteiger partial charge is 0.263 e. The van der Waals surface area contributed by atoms with Gasteiger partial charge < -0.3 is 4.90 Å². The lowest BCUT2D eigenvalue weighted by Crippen LogP contribution is -2.48. The maximum absolute atomic E-state index is 13.4. The fourth-order valence-corrected chi connectivity index (χ4v) is 6.08. The summed E-state index contributed by atoms with van der Waals surface area (Å²) in [4.78, 5) is 25.5. The quantitative estimate of drug-likeness (QED) is 0.603. The van der Waals surface area contributed by atoms with Gasteiger partial charge >= 0.3 is 0 Å². The van der Waals surface area contributed by atoms with E-state index in [9.17, 15) is 4.79 Å². The predicted molar refractivity (Wildman–Crippen MR) is 125 cm³/mol. The van der Waals surface area contributed by atoms with Gasteiger partial charge in [0.05, 0.1) is 5.39 Å². The van der Waals surface area contributed by atoms with E-state index in [-0.39, 0.29) is 5.56 Å². The fourth-order valence-electron chi connectivity index (χ4n) is 4.71. The maximum atomic E-state index is 13.4. The van der Waals surface area contributed by atoms with Crippen LogP contribution < -0.4 is 10.5 Å². The lowest BCUT2D eigenvalue weighted by molar-refractivity contribution is 0.248. The SMILES string of the molecule is CCn1c(N2CCN(Cc3ccc(Cl)cc3)CC2)nc2sc3c(c2c1=O)CCCC3. The molecule has 0 radical (unpaired) electrons. The van der Waals surface area contributed by atoms with Crippen LogP contribution in [-0.2, 0) is 25.9 Å². The monoisotopic (exact) mass is 442 g/mol. The molecule has 3 aromatic rings. The number of aromatic nitrogens is 2. The molecule has 1 fully saturated rings. The van der Waals surface area contributed by atoms with E-state index in [4.69, 9.17) is 16.6 Å². The summed E-state index contributed by atoms with van der Waals surface area (Å²) < 4.78 is 1.89. The highest BCUT2D eigenvalue weighted by Crippen LogP contribution is 2.34. The summed E-state index contributed by atoms with van der Waals surface area (Å²) in [6.07, 6.45) is 4.53. The molecule has 7 heteroatoms. The Morgan fingerprint density at radius 2 is 1.80 bits per heavy atom. The Labute approximate surface area is 185 Å². The van der Waals surface area contributed by atoms with Crippen molar-refractivity contribution in [1.29, 1.82) is 0 Å². The van der Waals surface area contributed by atoms with Crippen LogP contribution in [0.2, 0.25) is 5.02 Å². The van der Waals surface area contributed by atoms with Crippen LogP contribution in [-0.4, -0.2) is 40.6 Å². The Hall–Kier alpha value is -1.89. The highest BCUT2D eigenvalue weighted by Gasteiger charge is 2.25. The molecule has 1 saturated heterocycles. The lowest BCUT2D eigenvalue weighted by Gasteiger charge is -2.36. The van der Waals surface area contributed by atoms with E-state index in [1.54, 1.807) is 11.3 Å². The van der Waals surface area contributed by atoms with Gasteiger partial charge in [-0.25, -0.2) is 4.98 Å². The van der Waals surface area contributed by atoms with Crippen molar-refractivity contribution in [3.8, 4) is 0 Å². The molecule has 2 aliphatic rings. The lowest BCUT2D eigenvalue weighted by atomic mass is 9.97. The molecule has 0 unspecified atom stereocenters. The number of piperazine rings is 1. The predicted octanol–water partition coefficient (Wildman–Crippen LogP) is 4.33. The van der Waals surface area contributed by atoms with Gasteiger partial charge in [-0.2, -0.15) is 0 Å². The van der Waals surface area contributed by atoms with E-state index in [1.807, 2.05) is 23.6 Å². The second-order valence-corrected chi connectivity index (χ2v) is 9.76. The van der Waals surface area contributed by atoms with Crippen molar-refractivity contribution >= 4 is 39.1 Å². The minimum Gasteiger partial charge on any atom is -0.340 e. The maximum Gasteiger partial charge on any atom is 0.263 e. The molecule has 0 saturated carbocycles. The number of thiophene rings is 1. The number of benzene rings is 1.